The molecule has 156 valence electrons. The molecule has 1 unspecified atom stereocenters. The van der Waals surface area contributed by atoms with Gasteiger partial charge in [-0.2, -0.15) is 0 Å². The standard InChI is InChI=1S/C21H23BrCl2N2O3/c1-3-9-25-21(28)14(2)26(12-15-5-4-6-17(23)10-15)20(27)13-29-19-8-7-16(22)11-18(19)24/h4-8,10-11,14H,3,9,12-13H2,1-2H3,(H,25,28). The molecule has 29 heavy (non-hydrogen) atoms. The Morgan fingerprint density at radius 1 is 1.21 bits per heavy atom. The second kappa shape index (κ2) is 11.4. The van der Waals surface area contributed by atoms with Crippen LogP contribution in [0.15, 0.2) is 46.9 Å². The first-order valence-electron chi connectivity index (χ1n) is 9.21. The van der Waals surface area contributed by atoms with Crippen molar-refractivity contribution in [1.29, 1.82) is 0 Å². The normalized spacial score (nSPS) is 11.6. The molecule has 2 rings (SSSR count). The van der Waals surface area contributed by atoms with Gasteiger partial charge in [0.1, 0.15) is 11.8 Å². The zero-order valence-electron chi connectivity index (χ0n) is 16.3. The molecule has 0 aliphatic heterocycles. The Balaban J connectivity index is 2.15. The van der Waals surface area contributed by atoms with Crippen molar-refractivity contribution in [2.24, 2.45) is 0 Å². The minimum atomic E-state index is -0.669. The number of ether oxygens (including phenoxy) is 1. The van der Waals surface area contributed by atoms with Gasteiger partial charge in [0.15, 0.2) is 6.61 Å². The topological polar surface area (TPSA) is 58.6 Å². The van der Waals surface area contributed by atoms with E-state index in [1.807, 2.05) is 13.0 Å². The highest BCUT2D eigenvalue weighted by molar-refractivity contribution is 9.10. The molecule has 1 atom stereocenters. The maximum atomic E-state index is 12.9. The maximum absolute atomic E-state index is 12.9. The summed E-state index contributed by atoms with van der Waals surface area (Å²) in [6, 6.07) is 11.7. The fraction of sp³-hybridized carbons (Fsp3) is 0.333. The Hall–Kier alpha value is -1.76. The summed E-state index contributed by atoms with van der Waals surface area (Å²) in [5.74, 6) is -0.152. The Labute approximate surface area is 189 Å². The van der Waals surface area contributed by atoms with Crippen LogP contribution in [-0.2, 0) is 16.1 Å². The summed E-state index contributed by atoms with van der Waals surface area (Å²) >= 11 is 15.5. The van der Waals surface area contributed by atoms with Crippen LogP contribution < -0.4 is 10.1 Å². The molecule has 0 saturated heterocycles. The second-order valence-electron chi connectivity index (χ2n) is 6.48. The molecule has 2 aromatic carbocycles. The van der Waals surface area contributed by atoms with Crippen molar-refractivity contribution in [1.82, 2.24) is 10.2 Å². The monoisotopic (exact) mass is 500 g/mol. The third kappa shape index (κ3) is 7.21. The van der Waals surface area contributed by atoms with Gasteiger partial charge in [-0.15, -0.1) is 0 Å². The smallest absolute Gasteiger partial charge is 0.261 e. The second-order valence-corrected chi connectivity index (χ2v) is 8.24. The predicted octanol–water partition coefficient (Wildman–Crippen LogP) is 5.08. The van der Waals surface area contributed by atoms with Crippen LogP contribution in [0.3, 0.4) is 0 Å². The molecule has 0 heterocycles. The average Bonchev–Trinajstić information content (AvgIpc) is 2.69. The van der Waals surface area contributed by atoms with E-state index in [1.54, 1.807) is 43.3 Å². The number of hydrogen-bond donors (Lipinski definition) is 1. The Bertz CT molecular complexity index is 864. The third-order valence-corrected chi connectivity index (χ3v) is 5.23. The molecule has 0 bridgehead atoms. The first-order chi connectivity index (χ1) is 13.8. The lowest BCUT2D eigenvalue weighted by Gasteiger charge is -2.28. The minimum absolute atomic E-state index is 0.219. The van der Waals surface area contributed by atoms with Crippen LogP contribution in [0, 0.1) is 0 Å². The molecule has 0 aliphatic carbocycles. The summed E-state index contributed by atoms with van der Waals surface area (Å²) in [7, 11) is 0. The van der Waals surface area contributed by atoms with Crippen LogP contribution in [-0.4, -0.2) is 35.9 Å². The van der Waals surface area contributed by atoms with Crippen molar-refractivity contribution >= 4 is 50.9 Å². The molecule has 0 saturated carbocycles. The van der Waals surface area contributed by atoms with Gasteiger partial charge in [-0.1, -0.05) is 58.2 Å². The fourth-order valence-electron chi connectivity index (χ4n) is 2.63. The van der Waals surface area contributed by atoms with Crippen LogP contribution in [0.2, 0.25) is 10.0 Å². The molecule has 0 aliphatic rings. The van der Waals surface area contributed by atoms with Crippen LogP contribution in [0.1, 0.15) is 25.8 Å². The first kappa shape index (κ1) is 23.5. The van der Waals surface area contributed by atoms with Gasteiger partial charge in [-0.25, -0.2) is 0 Å². The SMILES string of the molecule is CCCNC(=O)C(C)N(Cc1cccc(Cl)c1)C(=O)COc1ccc(Br)cc1Cl. The Kier molecular flexibility index (Phi) is 9.27. The lowest BCUT2D eigenvalue weighted by atomic mass is 10.1. The molecule has 0 radical (unpaired) electrons. The number of hydrogen-bond acceptors (Lipinski definition) is 3. The Morgan fingerprint density at radius 2 is 1.97 bits per heavy atom. The van der Waals surface area contributed by atoms with Crippen molar-refractivity contribution < 1.29 is 14.3 Å². The van der Waals surface area contributed by atoms with Gasteiger partial charge in [0.2, 0.25) is 5.91 Å². The molecular formula is C21H23BrCl2N2O3. The summed E-state index contributed by atoms with van der Waals surface area (Å²) in [6.45, 7) is 4.20. The number of halogens is 3. The van der Waals surface area contributed by atoms with Gasteiger partial charge >= 0.3 is 0 Å². The first-order valence-corrected chi connectivity index (χ1v) is 10.8. The van der Waals surface area contributed by atoms with Gasteiger partial charge in [0.05, 0.1) is 5.02 Å². The maximum Gasteiger partial charge on any atom is 0.261 e. The lowest BCUT2D eigenvalue weighted by Crippen LogP contribution is -2.49. The van der Waals surface area contributed by atoms with Gasteiger partial charge in [0.25, 0.3) is 5.91 Å². The van der Waals surface area contributed by atoms with E-state index in [0.717, 1.165) is 16.5 Å². The molecule has 8 heteroatoms. The number of benzene rings is 2. The summed E-state index contributed by atoms with van der Waals surface area (Å²) < 4.78 is 6.42. The zero-order valence-corrected chi connectivity index (χ0v) is 19.4. The third-order valence-electron chi connectivity index (χ3n) is 4.20. The molecule has 5 nitrogen and oxygen atoms in total. The highest BCUT2D eigenvalue weighted by atomic mass is 79.9. The van der Waals surface area contributed by atoms with Crippen LogP contribution in [0.4, 0.5) is 0 Å². The van der Waals surface area contributed by atoms with Crippen LogP contribution in [0.5, 0.6) is 5.75 Å². The predicted molar refractivity (Wildman–Crippen MR) is 119 cm³/mol. The highest BCUT2D eigenvalue weighted by Gasteiger charge is 2.26. The molecule has 0 fully saturated rings. The van der Waals surface area contributed by atoms with E-state index in [2.05, 4.69) is 21.2 Å². The molecule has 0 aromatic heterocycles. The highest BCUT2D eigenvalue weighted by Crippen LogP contribution is 2.27. The fourth-order valence-corrected chi connectivity index (χ4v) is 3.57. The molecule has 2 aromatic rings. The van der Waals surface area contributed by atoms with E-state index < -0.39 is 6.04 Å². The number of nitrogens with one attached hydrogen (secondary N) is 1. The summed E-state index contributed by atoms with van der Waals surface area (Å²) in [6.07, 6.45) is 0.811. The number of amides is 2. The number of nitrogens with zero attached hydrogens (tertiary/aromatic N) is 1. The van der Waals surface area contributed by atoms with Gasteiger partial charge in [0, 0.05) is 22.6 Å². The lowest BCUT2D eigenvalue weighted by molar-refractivity contribution is -0.142. The number of carbonyl (C=O) groups is 2. The molecular weight excluding hydrogens is 479 g/mol. The van der Waals surface area contributed by atoms with Crippen molar-refractivity contribution in [3.63, 3.8) is 0 Å². The molecule has 1 N–H and O–H groups in total. The van der Waals surface area contributed by atoms with Crippen molar-refractivity contribution in [3.05, 3.63) is 62.5 Å². The van der Waals surface area contributed by atoms with Crippen molar-refractivity contribution in [2.75, 3.05) is 13.2 Å². The van der Waals surface area contributed by atoms with E-state index >= 15 is 0 Å². The summed E-state index contributed by atoms with van der Waals surface area (Å²) in [4.78, 5) is 26.9. The zero-order chi connectivity index (χ0) is 21.4. The molecule has 0 spiro atoms. The largest absolute Gasteiger partial charge is 0.482 e. The van der Waals surface area contributed by atoms with Gasteiger partial charge in [-0.3, -0.25) is 9.59 Å². The van der Waals surface area contributed by atoms with E-state index in [-0.39, 0.29) is 25.0 Å². The van der Waals surface area contributed by atoms with Crippen LogP contribution >= 0.6 is 39.1 Å². The van der Waals surface area contributed by atoms with Crippen LogP contribution in [0.25, 0.3) is 0 Å². The van der Waals surface area contributed by atoms with Gasteiger partial charge < -0.3 is 15.0 Å². The average molecular weight is 502 g/mol. The van der Waals surface area contributed by atoms with E-state index in [9.17, 15) is 9.59 Å². The van der Waals surface area contributed by atoms with E-state index in [4.69, 9.17) is 27.9 Å². The summed E-state index contributed by atoms with van der Waals surface area (Å²) in [5.41, 5.74) is 0.822. The van der Waals surface area contributed by atoms with Gasteiger partial charge in [-0.05, 0) is 49.2 Å². The summed E-state index contributed by atoms with van der Waals surface area (Å²) in [5, 5.41) is 3.78. The number of carbonyl (C=O) groups excluding carboxylic acids is 2. The Morgan fingerprint density at radius 3 is 2.62 bits per heavy atom. The number of rotatable bonds is 9. The van der Waals surface area contributed by atoms with Crippen molar-refractivity contribution in [3.8, 4) is 5.75 Å². The minimum Gasteiger partial charge on any atom is -0.482 e. The van der Waals surface area contributed by atoms with E-state index in [0.29, 0.717) is 22.3 Å². The quantitative estimate of drug-likeness (QED) is 0.521. The van der Waals surface area contributed by atoms with Crippen molar-refractivity contribution in [2.45, 2.75) is 32.9 Å². The molecule has 2 amide bonds. The van der Waals surface area contributed by atoms with E-state index in [1.165, 1.54) is 4.90 Å².